The number of benzene rings is 2. The van der Waals surface area contributed by atoms with Crippen LogP contribution in [0.25, 0.3) is 11.1 Å². The maximum atomic E-state index is 2.38. The third kappa shape index (κ3) is 2.43. The van der Waals surface area contributed by atoms with E-state index in [2.05, 4.69) is 119 Å². The Balaban J connectivity index is 1.64. The van der Waals surface area contributed by atoms with Crippen LogP contribution in [0.15, 0.2) is 119 Å². The maximum Gasteiger partial charge on any atom is 0.0902 e. The van der Waals surface area contributed by atoms with Crippen molar-refractivity contribution in [1.29, 1.82) is 0 Å². The van der Waals surface area contributed by atoms with E-state index >= 15 is 0 Å². The topological polar surface area (TPSA) is 0 Å². The Kier molecular flexibility index (Phi) is 4.54. The summed E-state index contributed by atoms with van der Waals surface area (Å²) in [6.07, 6.45) is 0. The van der Waals surface area contributed by atoms with Gasteiger partial charge in [-0.3, -0.25) is 0 Å². The van der Waals surface area contributed by atoms with Crippen LogP contribution in [0.2, 0.25) is 0 Å². The maximum absolute atomic E-state index is 2.38. The molecule has 0 spiro atoms. The van der Waals surface area contributed by atoms with Gasteiger partial charge in [0, 0.05) is 19.5 Å². The summed E-state index contributed by atoms with van der Waals surface area (Å²) in [5.41, 5.74) is 7.87. The molecule has 2 aromatic carbocycles. The van der Waals surface area contributed by atoms with E-state index in [0.717, 1.165) is 0 Å². The van der Waals surface area contributed by atoms with Gasteiger partial charge in [-0.2, -0.15) is 0 Å². The van der Waals surface area contributed by atoms with Crippen molar-refractivity contribution in [1.82, 2.24) is 0 Å². The Morgan fingerprint density at radius 3 is 1.00 bits per heavy atom. The lowest BCUT2D eigenvalue weighted by atomic mass is 9.70. The fourth-order valence-corrected chi connectivity index (χ4v) is 10.6. The van der Waals surface area contributed by atoms with Gasteiger partial charge in [0.05, 0.1) is 10.8 Å². The zero-order chi connectivity index (χ0) is 23.7. The second-order valence-electron chi connectivity index (χ2n) is 9.25. The Morgan fingerprint density at radius 2 is 0.694 bits per heavy atom. The zero-order valence-corrected chi connectivity index (χ0v) is 22.4. The summed E-state index contributed by atoms with van der Waals surface area (Å²) in [5, 5.41) is 8.94. The van der Waals surface area contributed by atoms with Crippen molar-refractivity contribution >= 4 is 56.5 Å². The molecule has 0 aliphatic heterocycles. The quantitative estimate of drug-likeness (QED) is 0.212. The molecule has 0 saturated carbocycles. The van der Waals surface area contributed by atoms with Crippen molar-refractivity contribution in [2.75, 3.05) is 0 Å². The molecule has 4 aromatic heterocycles. The van der Waals surface area contributed by atoms with Crippen molar-refractivity contribution in [3.05, 3.63) is 160 Å². The van der Waals surface area contributed by atoms with Gasteiger partial charge in [-0.25, -0.2) is 0 Å². The van der Waals surface area contributed by atoms with Gasteiger partial charge in [0.1, 0.15) is 0 Å². The molecule has 0 bridgehead atoms. The first-order valence-electron chi connectivity index (χ1n) is 12.0. The highest BCUT2D eigenvalue weighted by Crippen LogP contribution is 2.70. The van der Waals surface area contributed by atoms with Gasteiger partial charge in [0.2, 0.25) is 0 Å². The predicted molar refractivity (Wildman–Crippen MR) is 157 cm³/mol. The lowest BCUT2D eigenvalue weighted by Crippen LogP contribution is -2.28. The predicted octanol–water partition coefficient (Wildman–Crippen LogP) is 9.54. The summed E-state index contributed by atoms with van der Waals surface area (Å²) < 4.78 is 0. The fourth-order valence-electron chi connectivity index (χ4n) is 6.61. The van der Waals surface area contributed by atoms with E-state index in [1.807, 2.05) is 45.3 Å². The molecule has 4 heteroatoms. The Morgan fingerprint density at radius 1 is 0.361 bits per heavy atom. The van der Waals surface area contributed by atoms with Crippen LogP contribution in [0.5, 0.6) is 0 Å². The Bertz CT molecular complexity index is 1520. The van der Waals surface area contributed by atoms with E-state index in [-0.39, 0.29) is 10.8 Å². The molecule has 0 saturated heterocycles. The van der Waals surface area contributed by atoms with Crippen LogP contribution in [0.4, 0.5) is 0 Å². The van der Waals surface area contributed by atoms with Crippen molar-refractivity contribution < 1.29 is 0 Å². The van der Waals surface area contributed by atoms with E-state index in [0.29, 0.717) is 0 Å². The SMILES string of the molecule is c1csc(C2(c3cccs3)C3=C(c4ccccc42)C(c2cccs2)(c2cccs2)c2ccccc23)c1. The minimum atomic E-state index is -0.319. The molecule has 2 aliphatic rings. The van der Waals surface area contributed by atoms with Crippen molar-refractivity contribution in [3.63, 3.8) is 0 Å². The van der Waals surface area contributed by atoms with E-state index in [4.69, 9.17) is 0 Å². The first kappa shape index (κ1) is 21.1. The first-order chi connectivity index (χ1) is 17.9. The molecule has 36 heavy (non-hydrogen) atoms. The highest BCUT2D eigenvalue weighted by atomic mass is 32.1. The summed E-state index contributed by atoms with van der Waals surface area (Å²) in [4.78, 5) is 5.58. The molecule has 0 N–H and O–H groups in total. The summed E-state index contributed by atoms with van der Waals surface area (Å²) >= 11 is 7.51. The summed E-state index contributed by atoms with van der Waals surface area (Å²) in [7, 11) is 0. The molecule has 2 aliphatic carbocycles. The molecule has 6 aromatic rings. The van der Waals surface area contributed by atoms with Crippen LogP contribution in [0, 0.1) is 0 Å². The largest absolute Gasteiger partial charge is 0.147 e. The van der Waals surface area contributed by atoms with Gasteiger partial charge in [-0.1, -0.05) is 72.8 Å². The lowest BCUT2D eigenvalue weighted by Gasteiger charge is -2.34. The number of hydrogen-bond donors (Lipinski definition) is 0. The molecule has 0 fully saturated rings. The number of fused-ring (bicyclic) bond motifs is 4. The second-order valence-corrected chi connectivity index (χ2v) is 13.0. The zero-order valence-electron chi connectivity index (χ0n) is 19.2. The molecular formula is C32H20S4. The van der Waals surface area contributed by atoms with Gasteiger partial charge < -0.3 is 0 Å². The smallest absolute Gasteiger partial charge is 0.0902 e. The van der Waals surface area contributed by atoms with Gasteiger partial charge in [0.15, 0.2) is 0 Å². The van der Waals surface area contributed by atoms with Crippen LogP contribution in [0.1, 0.15) is 41.8 Å². The third-order valence-electron chi connectivity index (χ3n) is 7.76. The summed E-state index contributed by atoms with van der Waals surface area (Å²) in [6, 6.07) is 36.6. The molecular weight excluding hydrogens is 513 g/mol. The van der Waals surface area contributed by atoms with Crippen LogP contribution in [-0.4, -0.2) is 0 Å². The molecule has 0 atom stereocenters. The molecule has 4 heterocycles. The highest BCUT2D eigenvalue weighted by molar-refractivity contribution is 7.13. The van der Waals surface area contributed by atoms with Crippen molar-refractivity contribution in [3.8, 4) is 0 Å². The van der Waals surface area contributed by atoms with Gasteiger partial charge in [0.25, 0.3) is 0 Å². The van der Waals surface area contributed by atoms with E-state index in [9.17, 15) is 0 Å². The van der Waals surface area contributed by atoms with E-state index in [1.165, 1.54) is 52.9 Å². The Hall–Kier alpha value is -3.02. The minimum absolute atomic E-state index is 0.319. The van der Waals surface area contributed by atoms with Crippen molar-refractivity contribution in [2.24, 2.45) is 0 Å². The summed E-state index contributed by atoms with van der Waals surface area (Å²) in [6.45, 7) is 0. The van der Waals surface area contributed by atoms with Gasteiger partial charge >= 0.3 is 0 Å². The lowest BCUT2D eigenvalue weighted by molar-refractivity contribution is 0.841. The van der Waals surface area contributed by atoms with Gasteiger partial charge in [-0.15, -0.1) is 45.3 Å². The van der Waals surface area contributed by atoms with Crippen LogP contribution in [0.3, 0.4) is 0 Å². The van der Waals surface area contributed by atoms with E-state index < -0.39 is 0 Å². The Labute approximate surface area is 226 Å². The van der Waals surface area contributed by atoms with Gasteiger partial charge in [-0.05, 0) is 79.2 Å². The number of thiophene rings is 4. The number of hydrogen-bond acceptors (Lipinski definition) is 4. The summed E-state index contributed by atoms with van der Waals surface area (Å²) in [5.74, 6) is 0. The average Bonchev–Trinajstić information content (AvgIpc) is 3.77. The molecule has 0 nitrogen and oxygen atoms in total. The molecule has 8 rings (SSSR count). The highest BCUT2D eigenvalue weighted by Gasteiger charge is 2.60. The fraction of sp³-hybridized carbons (Fsp3) is 0.0625. The molecule has 172 valence electrons. The average molecular weight is 533 g/mol. The first-order valence-corrected chi connectivity index (χ1v) is 15.5. The number of allylic oxidation sites excluding steroid dienone is 2. The molecule has 0 unspecified atom stereocenters. The number of rotatable bonds is 4. The monoisotopic (exact) mass is 532 g/mol. The molecule has 0 amide bonds. The minimum Gasteiger partial charge on any atom is -0.147 e. The van der Waals surface area contributed by atoms with Crippen LogP contribution >= 0.6 is 45.3 Å². The van der Waals surface area contributed by atoms with Crippen molar-refractivity contribution in [2.45, 2.75) is 10.8 Å². The standard InChI is InChI=1S/C32H20S4/c1-3-11-23-21(9-1)29-30(31(23,25-13-5-17-33-25)26-14-6-18-34-26)22-10-2-4-12-24(22)32(29,27-15-7-19-35-27)28-16-8-20-36-28/h1-20H. The second kappa shape index (κ2) is 7.74. The normalized spacial score (nSPS) is 16.7. The van der Waals surface area contributed by atoms with Crippen LogP contribution in [-0.2, 0) is 10.8 Å². The van der Waals surface area contributed by atoms with Crippen LogP contribution < -0.4 is 0 Å². The van der Waals surface area contributed by atoms with E-state index in [1.54, 1.807) is 0 Å². The third-order valence-corrected chi connectivity index (χ3v) is 11.7. The molecule has 0 radical (unpaired) electrons.